The van der Waals surface area contributed by atoms with Gasteiger partial charge in [0.1, 0.15) is 6.33 Å². The molecule has 0 spiro atoms. The zero-order chi connectivity index (χ0) is 7.84. The largest absolute Gasteiger partial charge is 0.387 e. The smallest absolute Gasteiger partial charge is 0.115 e. The molecule has 0 saturated heterocycles. The number of nitrogens with zero attached hydrogens (tertiary/aromatic N) is 2. The average Bonchev–Trinajstić information content (AvgIpc) is 2.30. The molecule has 1 aromatic rings. The minimum Gasteiger partial charge on any atom is -0.387 e. The fourth-order valence-electron chi connectivity index (χ4n) is 1.58. The molecule has 2 rings (SSSR count). The molecule has 3 heteroatoms. The Hall–Kier alpha value is -0.960. The van der Waals surface area contributed by atoms with Crippen molar-refractivity contribution in [2.45, 2.75) is 25.4 Å². The lowest BCUT2D eigenvalue weighted by Crippen LogP contribution is -1.94. The Labute approximate surface area is 65.1 Å². The van der Waals surface area contributed by atoms with E-state index in [0.717, 1.165) is 17.7 Å². The Balaban J connectivity index is 2.52. The maximum Gasteiger partial charge on any atom is 0.115 e. The third-order valence-electron chi connectivity index (χ3n) is 2.20. The van der Waals surface area contributed by atoms with E-state index >= 15 is 0 Å². The van der Waals surface area contributed by atoms with Crippen LogP contribution in [0.1, 0.15) is 36.6 Å². The highest BCUT2D eigenvalue weighted by Gasteiger charge is 2.27. The zero-order valence-electron chi connectivity index (χ0n) is 6.36. The SMILES string of the molecule is C[C@@H]1C[C@@H](O)c2ncncc21. The van der Waals surface area contributed by atoms with Gasteiger partial charge in [0, 0.05) is 6.20 Å². The molecular formula is C8H10N2O. The first-order valence-electron chi connectivity index (χ1n) is 3.77. The molecular weight excluding hydrogens is 140 g/mol. The van der Waals surface area contributed by atoms with Gasteiger partial charge in [-0.1, -0.05) is 6.92 Å². The predicted molar refractivity (Wildman–Crippen MR) is 40.0 cm³/mol. The minimum atomic E-state index is -0.372. The van der Waals surface area contributed by atoms with Gasteiger partial charge in [-0.25, -0.2) is 9.97 Å². The van der Waals surface area contributed by atoms with Gasteiger partial charge >= 0.3 is 0 Å². The molecule has 1 aliphatic rings. The van der Waals surface area contributed by atoms with E-state index < -0.39 is 0 Å². The van der Waals surface area contributed by atoms with Crippen LogP contribution in [0.2, 0.25) is 0 Å². The molecule has 0 radical (unpaired) electrons. The van der Waals surface area contributed by atoms with Crippen LogP contribution in [-0.2, 0) is 0 Å². The molecule has 1 aromatic heterocycles. The van der Waals surface area contributed by atoms with Gasteiger partial charge in [-0.05, 0) is 17.9 Å². The molecule has 0 aliphatic heterocycles. The van der Waals surface area contributed by atoms with Crippen LogP contribution in [-0.4, -0.2) is 15.1 Å². The molecule has 58 valence electrons. The highest BCUT2D eigenvalue weighted by molar-refractivity contribution is 5.27. The summed E-state index contributed by atoms with van der Waals surface area (Å²) in [7, 11) is 0. The lowest BCUT2D eigenvalue weighted by molar-refractivity contribution is 0.170. The van der Waals surface area contributed by atoms with Crippen LogP contribution in [0.25, 0.3) is 0 Å². The second-order valence-electron chi connectivity index (χ2n) is 3.02. The van der Waals surface area contributed by atoms with Crippen LogP contribution in [0.15, 0.2) is 12.5 Å². The summed E-state index contributed by atoms with van der Waals surface area (Å²) in [6.45, 7) is 2.08. The lowest BCUT2D eigenvalue weighted by atomic mass is 10.1. The number of rotatable bonds is 0. The maximum absolute atomic E-state index is 9.46. The summed E-state index contributed by atoms with van der Waals surface area (Å²) in [6, 6.07) is 0. The topological polar surface area (TPSA) is 46.0 Å². The highest BCUT2D eigenvalue weighted by Crippen LogP contribution is 2.37. The first-order valence-corrected chi connectivity index (χ1v) is 3.77. The Morgan fingerprint density at radius 2 is 2.45 bits per heavy atom. The number of hydrogen-bond acceptors (Lipinski definition) is 3. The van der Waals surface area contributed by atoms with Crippen molar-refractivity contribution in [2.24, 2.45) is 0 Å². The van der Waals surface area contributed by atoms with Crippen molar-refractivity contribution in [1.29, 1.82) is 0 Å². The van der Waals surface area contributed by atoms with Crippen molar-refractivity contribution in [3.05, 3.63) is 23.8 Å². The van der Waals surface area contributed by atoms with Crippen molar-refractivity contribution < 1.29 is 5.11 Å². The molecule has 0 aromatic carbocycles. The van der Waals surface area contributed by atoms with E-state index in [1.54, 1.807) is 6.20 Å². The minimum absolute atomic E-state index is 0.372. The molecule has 0 bridgehead atoms. The third-order valence-corrected chi connectivity index (χ3v) is 2.20. The Kier molecular flexibility index (Phi) is 1.39. The highest BCUT2D eigenvalue weighted by atomic mass is 16.3. The Bertz CT molecular complexity index is 248. The van der Waals surface area contributed by atoms with Crippen molar-refractivity contribution in [3.8, 4) is 0 Å². The van der Waals surface area contributed by atoms with Crippen molar-refractivity contribution in [1.82, 2.24) is 9.97 Å². The second-order valence-corrected chi connectivity index (χ2v) is 3.02. The van der Waals surface area contributed by atoms with Crippen molar-refractivity contribution in [2.75, 3.05) is 0 Å². The summed E-state index contributed by atoms with van der Waals surface area (Å²) in [5.74, 6) is 0.404. The van der Waals surface area contributed by atoms with Gasteiger partial charge in [-0.15, -0.1) is 0 Å². The molecule has 1 aliphatic carbocycles. The maximum atomic E-state index is 9.46. The summed E-state index contributed by atoms with van der Waals surface area (Å²) >= 11 is 0. The van der Waals surface area contributed by atoms with Crippen LogP contribution in [0.4, 0.5) is 0 Å². The van der Waals surface area contributed by atoms with E-state index in [1.165, 1.54) is 6.33 Å². The fraction of sp³-hybridized carbons (Fsp3) is 0.500. The molecule has 0 amide bonds. The van der Waals surface area contributed by atoms with Crippen molar-refractivity contribution >= 4 is 0 Å². The van der Waals surface area contributed by atoms with E-state index in [1.807, 2.05) is 0 Å². The van der Waals surface area contributed by atoms with Crippen LogP contribution in [0, 0.1) is 0 Å². The first kappa shape index (κ1) is 6.73. The number of fused-ring (bicyclic) bond motifs is 1. The zero-order valence-corrected chi connectivity index (χ0v) is 6.36. The molecule has 1 heterocycles. The second kappa shape index (κ2) is 2.27. The normalized spacial score (nSPS) is 28.5. The summed E-state index contributed by atoms with van der Waals surface area (Å²) < 4.78 is 0. The quantitative estimate of drug-likeness (QED) is 0.600. The van der Waals surface area contributed by atoms with E-state index in [0.29, 0.717) is 5.92 Å². The summed E-state index contributed by atoms with van der Waals surface area (Å²) in [5, 5.41) is 9.46. The monoisotopic (exact) mass is 150 g/mol. The van der Waals surface area contributed by atoms with E-state index in [-0.39, 0.29) is 6.10 Å². The molecule has 0 unspecified atom stereocenters. The summed E-state index contributed by atoms with van der Waals surface area (Å²) in [6.07, 6.45) is 3.69. The lowest BCUT2D eigenvalue weighted by Gasteiger charge is -1.99. The fourth-order valence-corrected chi connectivity index (χ4v) is 1.58. The summed E-state index contributed by atoms with van der Waals surface area (Å²) in [4.78, 5) is 7.95. The average molecular weight is 150 g/mol. The third kappa shape index (κ3) is 0.922. The van der Waals surface area contributed by atoms with Crippen LogP contribution < -0.4 is 0 Å². The standard InChI is InChI=1S/C8H10N2O/c1-5-2-7(11)8-6(5)3-9-4-10-8/h3-5,7,11H,2H2,1H3/t5-,7-/m1/s1. The van der Waals surface area contributed by atoms with Gasteiger partial charge in [-0.2, -0.15) is 0 Å². The van der Waals surface area contributed by atoms with Gasteiger partial charge in [0.05, 0.1) is 11.8 Å². The molecule has 1 N–H and O–H groups in total. The summed E-state index contributed by atoms with van der Waals surface area (Å²) in [5.41, 5.74) is 1.91. The number of aliphatic hydroxyl groups excluding tert-OH is 1. The number of aromatic nitrogens is 2. The van der Waals surface area contributed by atoms with Crippen LogP contribution in [0.3, 0.4) is 0 Å². The molecule has 0 saturated carbocycles. The van der Waals surface area contributed by atoms with Gasteiger partial charge in [-0.3, -0.25) is 0 Å². The van der Waals surface area contributed by atoms with Gasteiger partial charge in [0.25, 0.3) is 0 Å². The molecule has 11 heavy (non-hydrogen) atoms. The van der Waals surface area contributed by atoms with Gasteiger partial charge in [0.2, 0.25) is 0 Å². The van der Waals surface area contributed by atoms with Gasteiger partial charge < -0.3 is 5.11 Å². The first-order chi connectivity index (χ1) is 5.29. The van der Waals surface area contributed by atoms with Gasteiger partial charge in [0.15, 0.2) is 0 Å². The molecule has 2 atom stereocenters. The number of aliphatic hydroxyl groups is 1. The molecule has 3 nitrogen and oxygen atoms in total. The van der Waals surface area contributed by atoms with Crippen molar-refractivity contribution in [3.63, 3.8) is 0 Å². The Morgan fingerprint density at radius 3 is 3.18 bits per heavy atom. The predicted octanol–water partition coefficient (Wildman–Crippen LogP) is 1.02. The Morgan fingerprint density at radius 1 is 1.64 bits per heavy atom. The van der Waals surface area contributed by atoms with Crippen LogP contribution in [0.5, 0.6) is 0 Å². The van der Waals surface area contributed by atoms with Crippen LogP contribution >= 0.6 is 0 Å². The van der Waals surface area contributed by atoms with E-state index in [2.05, 4.69) is 16.9 Å². The number of hydrogen-bond donors (Lipinski definition) is 1. The van der Waals surface area contributed by atoms with E-state index in [9.17, 15) is 5.11 Å². The van der Waals surface area contributed by atoms with E-state index in [4.69, 9.17) is 0 Å². The molecule has 0 fully saturated rings.